The first-order valence-corrected chi connectivity index (χ1v) is 5.86. The number of hydrogen-bond donors (Lipinski definition) is 1. The van der Waals surface area contributed by atoms with E-state index in [1.807, 2.05) is 11.9 Å². The fourth-order valence-electron chi connectivity index (χ4n) is 2.80. The van der Waals surface area contributed by atoms with E-state index in [2.05, 4.69) is 17.3 Å². The topological polar surface area (TPSA) is 35.6 Å². The highest BCUT2D eigenvalue weighted by atomic mass is 35.5. The average molecular weight is 248 g/mol. The van der Waals surface area contributed by atoms with Crippen molar-refractivity contribution in [3.8, 4) is 0 Å². The minimum absolute atomic E-state index is 0. The van der Waals surface area contributed by atoms with Crippen LogP contribution in [0.3, 0.4) is 0 Å². The van der Waals surface area contributed by atoms with Crippen molar-refractivity contribution in [3.05, 3.63) is 0 Å². The minimum atomic E-state index is 0. The Kier molecular flexibility index (Phi) is 5.02. The van der Waals surface area contributed by atoms with Crippen molar-refractivity contribution in [1.29, 1.82) is 0 Å². The number of amides is 1. The number of carbonyl (C=O) groups excluding carboxylic acids is 1. The van der Waals surface area contributed by atoms with Crippen molar-refractivity contribution in [2.75, 3.05) is 33.7 Å². The minimum Gasteiger partial charge on any atom is -0.340 e. The average Bonchev–Trinajstić information content (AvgIpc) is 2.41. The predicted octanol–water partition coefficient (Wildman–Crippen LogP) is 0.323. The van der Waals surface area contributed by atoms with Crippen LogP contribution in [0.5, 0.6) is 0 Å². The van der Waals surface area contributed by atoms with Gasteiger partial charge in [-0.15, -0.1) is 12.4 Å². The van der Waals surface area contributed by atoms with Crippen LogP contribution < -0.4 is 5.32 Å². The van der Waals surface area contributed by atoms with Gasteiger partial charge in [0.2, 0.25) is 5.91 Å². The lowest BCUT2D eigenvalue weighted by Crippen LogP contribution is -2.42. The molecular weight excluding hydrogens is 226 g/mol. The molecule has 2 heterocycles. The second-order valence-corrected chi connectivity index (χ2v) is 4.71. The zero-order chi connectivity index (χ0) is 10.8. The summed E-state index contributed by atoms with van der Waals surface area (Å²) in [4.78, 5) is 16.3. The molecule has 2 unspecified atom stereocenters. The van der Waals surface area contributed by atoms with Crippen LogP contribution in [0.25, 0.3) is 0 Å². The molecule has 2 fully saturated rings. The number of likely N-dealkylation sites (tertiary alicyclic amines) is 1. The van der Waals surface area contributed by atoms with Gasteiger partial charge >= 0.3 is 0 Å². The molecule has 5 heteroatoms. The van der Waals surface area contributed by atoms with E-state index in [0.717, 1.165) is 19.5 Å². The maximum atomic E-state index is 11.8. The number of carbonyl (C=O) groups is 1. The van der Waals surface area contributed by atoms with Crippen molar-refractivity contribution in [2.24, 2.45) is 0 Å². The highest BCUT2D eigenvalue weighted by molar-refractivity contribution is 5.85. The van der Waals surface area contributed by atoms with E-state index in [4.69, 9.17) is 0 Å². The lowest BCUT2D eigenvalue weighted by atomic mass is 10.1. The molecule has 94 valence electrons. The molecule has 0 saturated carbocycles. The fourth-order valence-corrected chi connectivity index (χ4v) is 2.80. The van der Waals surface area contributed by atoms with Crippen molar-refractivity contribution < 1.29 is 4.79 Å². The number of likely N-dealkylation sites (N-methyl/N-ethyl adjacent to an activating group) is 2. The Morgan fingerprint density at radius 1 is 1.31 bits per heavy atom. The summed E-state index contributed by atoms with van der Waals surface area (Å²) in [5, 5.41) is 2.94. The molecule has 1 amide bonds. The van der Waals surface area contributed by atoms with Gasteiger partial charge in [0, 0.05) is 25.2 Å². The Labute approximate surface area is 104 Å². The number of nitrogens with zero attached hydrogens (tertiary/aromatic N) is 2. The van der Waals surface area contributed by atoms with Gasteiger partial charge in [-0.3, -0.25) is 9.69 Å². The standard InChI is InChI=1S/C11H21N3O.ClH/c1-12-7-11(15)14-6-5-9-3-4-10(8-14)13(9)2;/h9-10,12H,3-8H2,1-2H3;1H. The quantitative estimate of drug-likeness (QED) is 0.764. The molecule has 0 aromatic rings. The molecule has 0 aliphatic carbocycles. The highest BCUT2D eigenvalue weighted by Crippen LogP contribution is 2.28. The lowest BCUT2D eigenvalue weighted by molar-refractivity contribution is -0.130. The van der Waals surface area contributed by atoms with Crippen LogP contribution in [0.2, 0.25) is 0 Å². The zero-order valence-corrected chi connectivity index (χ0v) is 10.9. The van der Waals surface area contributed by atoms with Crippen LogP contribution in [0.4, 0.5) is 0 Å². The third-order valence-electron chi connectivity index (χ3n) is 3.83. The van der Waals surface area contributed by atoms with Gasteiger partial charge in [-0.2, -0.15) is 0 Å². The summed E-state index contributed by atoms with van der Waals surface area (Å²) >= 11 is 0. The number of rotatable bonds is 2. The molecule has 2 atom stereocenters. The zero-order valence-electron chi connectivity index (χ0n) is 10.1. The first kappa shape index (κ1) is 13.7. The Hall–Kier alpha value is -0.320. The van der Waals surface area contributed by atoms with Crippen LogP contribution in [0.15, 0.2) is 0 Å². The van der Waals surface area contributed by atoms with Gasteiger partial charge in [-0.1, -0.05) is 0 Å². The number of halogens is 1. The number of hydrogen-bond acceptors (Lipinski definition) is 3. The smallest absolute Gasteiger partial charge is 0.236 e. The first-order chi connectivity index (χ1) is 7.22. The second-order valence-electron chi connectivity index (χ2n) is 4.71. The van der Waals surface area contributed by atoms with Gasteiger partial charge < -0.3 is 10.2 Å². The van der Waals surface area contributed by atoms with Crippen LogP contribution in [-0.2, 0) is 4.79 Å². The SMILES string of the molecule is CNCC(=O)N1CCC2CCC(C1)N2C.Cl. The van der Waals surface area contributed by atoms with Crippen LogP contribution in [-0.4, -0.2) is 61.5 Å². The van der Waals surface area contributed by atoms with E-state index in [1.165, 1.54) is 12.8 Å². The van der Waals surface area contributed by atoms with E-state index in [9.17, 15) is 4.79 Å². The Bertz CT molecular complexity index is 249. The van der Waals surface area contributed by atoms with Gasteiger partial charge in [0.25, 0.3) is 0 Å². The summed E-state index contributed by atoms with van der Waals surface area (Å²) in [5.41, 5.74) is 0. The summed E-state index contributed by atoms with van der Waals surface area (Å²) < 4.78 is 0. The molecule has 2 rings (SSSR count). The van der Waals surface area contributed by atoms with Gasteiger partial charge in [0.05, 0.1) is 6.54 Å². The number of nitrogens with one attached hydrogen (secondary N) is 1. The van der Waals surface area contributed by atoms with Gasteiger partial charge in [0.1, 0.15) is 0 Å². The summed E-state index contributed by atoms with van der Waals surface area (Å²) in [5.74, 6) is 0.249. The Balaban J connectivity index is 0.00000128. The molecule has 0 radical (unpaired) electrons. The molecule has 2 aliphatic heterocycles. The van der Waals surface area contributed by atoms with E-state index in [-0.39, 0.29) is 18.3 Å². The molecule has 2 bridgehead atoms. The fraction of sp³-hybridized carbons (Fsp3) is 0.909. The van der Waals surface area contributed by atoms with E-state index in [0.29, 0.717) is 18.6 Å². The monoisotopic (exact) mass is 247 g/mol. The molecule has 0 aromatic carbocycles. The Morgan fingerprint density at radius 2 is 2.00 bits per heavy atom. The normalized spacial score (nSPS) is 29.8. The third kappa shape index (κ3) is 2.67. The van der Waals surface area contributed by atoms with Crippen molar-refractivity contribution in [2.45, 2.75) is 31.3 Å². The predicted molar refractivity (Wildman–Crippen MR) is 66.9 cm³/mol. The van der Waals surface area contributed by atoms with Crippen LogP contribution in [0, 0.1) is 0 Å². The summed E-state index contributed by atoms with van der Waals surface area (Å²) in [6, 6.07) is 1.31. The summed E-state index contributed by atoms with van der Waals surface area (Å²) in [6.45, 7) is 2.33. The molecule has 0 aromatic heterocycles. The second kappa shape index (κ2) is 5.84. The van der Waals surface area contributed by atoms with E-state index in [1.54, 1.807) is 0 Å². The van der Waals surface area contributed by atoms with E-state index >= 15 is 0 Å². The molecule has 2 saturated heterocycles. The third-order valence-corrected chi connectivity index (χ3v) is 3.83. The summed E-state index contributed by atoms with van der Waals surface area (Å²) in [7, 11) is 4.03. The molecular formula is C11H22ClN3O. The highest BCUT2D eigenvalue weighted by Gasteiger charge is 2.35. The van der Waals surface area contributed by atoms with Crippen molar-refractivity contribution in [1.82, 2.24) is 15.1 Å². The largest absolute Gasteiger partial charge is 0.340 e. The lowest BCUT2D eigenvalue weighted by Gasteiger charge is -2.25. The van der Waals surface area contributed by atoms with Gasteiger partial charge in [0.15, 0.2) is 0 Å². The number of fused-ring (bicyclic) bond motifs is 2. The van der Waals surface area contributed by atoms with Crippen LogP contribution >= 0.6 is 12.4 Å². The van der Waals surface area contributed by atoms with Gasteiger partial charge in [-0.05, 0) is 33.4 Å². The molecule has 1 N–H and O–H groups in total. The van der Waals surface area contributed by atoms with Gasteiger partial charge in [-0.25, -0.2) is 0 Å². The maximum absolute atomic E-state index is 11.8. The van der Waals surface area contributed by atoms with Crippen molar-refractivity contribution in [3.63, 3.8) is 0 Å². The summed E-state index contributed by atoms with van der Waals surface area (Å²) in [6.07, 6.45) is 3.71. The maximum Gasteiger partial charge on any atom is 0.236 e. The van der Waals surface area contributed by atoms with Crippen molar-refractivity contribution >= 4 is 18.3 Å². The van der Waals surface area contributed by atoms with E-state index < -0.39 is 0 Å². The Morgan fingerprint density at radius 3 is 2.69 bits per heavy atom. The molecule has 16 heavy (non-hydrogen) atoms. The van der Waals surface area contributed by atoms with Crippen LogP contribution in [0.1, 0.15) is 19.3 Å². The molecule has 0 spiro atoms. The molecule has 4 nitrogen and oxygen atoms in total. The first-order valence-electron chi connectivity index (χ1n) is 5.86. The molecule has 2 aliphatic rings.